The molecule has 2 saturated carbocycles. The third-order valence-corrected chi connectivity index (χ3v) is 4.42. The summed E-state index contributed by atoms with van der Waals surface area (Å²) in [5.74, 6) is -0.367. The predicted molar refractivity (Wildman–Crippen MR) is 61.6 cm³/mol. The van der Waals surface area contributed by atoms with Crippen molar-refractivity contribution >= 4 is 0 Å². The molecular weight excluding hydrogens is 220 g/mol. The number of fused-ring (bicyclic) bond motifs is 1. The summed E-state index contributed by atoms with van der Waals surface area (Å²) in [7, 11) is 1.64. The SMILES string of the molecule is CO[C@@H]1[C@@H]2OC3(CCCCC3)O[C@@H]2CC[C@H]1O. The average molecular weight is 242 g/mol. The van der Waals surface area contributed by atoms with Gasteiger partial charge in [0, 0.05) is 20.0 Å². The van der Waals surface area contributed by atoms with Gasteiger partial charge >= 0.3 is 0 Å². The van der Waals surface area contributed by atoms with Crippen molar-refractivity contribution in [2.75, 3.05) is 7.11 Å². The molecule has 17 heavy (non-hydrogen) atoms. The summed E-state index contributed by atoms with van der Waals surface area (Å²) < 4.78 is 17.7. The van der Waals surface area contributed by atoms with Crippen molar-refractivity contribution in [3.8, 4) is 0 Å². The number of aliphatic hydroxyl groups excluding tert-OH is 1. The molecule has 4 heteroatoms. The lowest BCUT2D eigenvalue weighted by molar-refractivity contribution is -0.203. The molecule has 1 aliphatic heterocycles. The second-order valence-electron chi connectivity index (χ2n) is 5.56. The Kier molecular flexibility index (Phi) is 3.15. The fraction of sp³-hybridized carbons (Fsp3) is 1.00. The van der Waals surface area contributed by atoms with Gasteiger partial charge in [0.25, 0.3) is 0 Å². The molecule has 0 bridgehead atoms. The Morgan fingerprint density at radius 2 is 1.88 bits per heavy atom. The third kappa shape index (κ3) is 2.01. The summed E-state index contributed by atoms with van der Waals surface area (Å²) in [6, 6.07) is 0. The summed E-state index contributed by atoms with van der Waals surface area (Å²) >= 11 is 0. The van der Waals surface area contributed by atoms with Crippen molar-refractivity contribution in [2.45, 2.75) is 75.1 Å². The van der Waals surface area contributed by atoms with E-state index in [1.807, 2.05) is 0 Å². The van der Waals surface area contributed by atoms with Crippen LogP contribution in [0.5, 0.6) is 0 Å². The minimum atomic E-state index is -0.413. The normalized spacial score (nSPS) is 44.8. The maximum atomic E-state index is 9.94. The second-order valence-corrected chi connectivity index (χ2v) is 5.56. The second kappa shape index (κ2) is 4.50. The van der Waals surface area contributed by atoms with Crippen LogP contribution in [-0.2, 0) is 14.2 Å². The van der Waals surface area contributed by atoms with Gasteiger partial charge in [-0.1, -0.05) is 6.42 Å². The van der Waals surface area contributed by atoms with Crippen LogP contribution in [0.25, 0.3) is 0 Å². The van der Waals surface area contributed by atoms with Crippen molar-refractivity contribution in [3.05, 3.63) is 0 Å². The first-order chi connectivity index (χ1) is 8.24. The first kappa shape index (κ1) is 11.9. The minimum Gasteiger partial charge on any atom is -0.390 e. The summed E-state index contributed by atoms with van der Waals surface area (Å²) in [4.78, 5) is 0. The zero-order valence-corrected chi connectivity index (χ0v) is 10.4. The summed E-state index contributed by atoms with van der Waals surface area (Å²) in [6.45, 7) is 0. The molecule has 0 aromatic rings. The van der Waals surface area contributed by atoms with E-state index in [4.69, 9.17) is 14.2 Å². The number of hydrogen-bond acceptors (Lipinski definition) is 4. The quantitative estimate of drug-likeness (QED) is 0.758. The fourth-order valence-corrected chi connectivity index (χ4v) is 3.53. The lowest BCUT2D eigenvalue weighted by Gasteiger charge is -2.34. The van der Waals surface area contributed by atoms with Gasteiger partial charge in [-0.05, 0) is 25.7 Å². The van der Waals surface area contributed by atoms with Crippen LogP contribution in [0.2, 0.25) is 0 Å². The molecule has 0 aromatic heterocycles. The van der Waals surface area contributed by atoms with Gasteiger partial charge in [-0.15, -0.1) is 0 Å². The Hall–Kier alpha value is -0.160. The first-order valence-electron chi connectivity index (χ1n) is 6.81. The first-order valence-corrected chi connectivity index (χ1v) is 6.81. The smallest absolute Gasteiger partial charge is 0.169 e. The summed E-state index contributed by atoms with van der Waals surface area (Å²) in [6.07, 6.45) is 6.65. The molecule has 0 radical (unpaired) electrons. The van der Waals surface area contributed by atoms with E-state index in [0.717, 1.165) is 25.7 Å². The average Bonchev–Trinajstić information content (AvgIpc) is 2.68. The molecule has 0 aromatic carbocycles. The molecule has 4 nitrogen and oxygen atoms in total. The zero-order chi connectivity index (χ0) is 11.9. The molecule has 1 heterocycles. The lowest BCUT2D eigenvalue weighted by Crippen LogP contribution is -2.48. The standard InChI is InChI=1S/C13H22O4/c1-15-11-9(14)5-6-10-12(11)17-13(16-10)7-3-2-4-8-13/h9-12,14H,2-8H2,1H3/t9-,10-,11+,12-/m1/s1. The monoisotopic (exact) mass is 242 g/mol. The van der Waals surface area contributed by atoms with Gasteiger partial charge in [-0.25, -0.2) is 0 Å². The van der Waals surface area contributed by atoms with Crippen molar-refractivity contribution < 1.29 is 19.3 Å². The highest BCUT2D eigenvalue weighted by molar-refractivity contribution is 4.97. The van der Waals surface area contributed by atoms with E-state index in [1.165, 1.54) is 19.3 Å². The van der Waals surface area contributed by atoms with Crippen LogP contribution >= 0.6 is 0 Å². The molecular formula is C13H22O4. The number of aliphatic hydroxyl groups is 1. The van der Waals surface area contributed by atoms with E-state index in [2.05, 4.69) is 0 Å². The minimum absolute atomic E-state index is 0.0816. The number of hydrogen-bond donors (Lipinski definition) is 1. The van der Waals surface area contributed by atoms with Crippen LogP contribution in [0.4, 0.5) is 0 Å². The van der Waals surface area contributed by atoms with Crippen LogP contribution in [-0.4, -0.2) is 42.4 Å². The van der Waals surface area contributed by atoms with Crippen LogP contribution < -0.4 is 0 Å². The molecule has 0 unspecified atom stereocenters. The van der Waals surface area contributed by atoms with Crippen molar-refractivity contribution in [1.29, 1.82) is 0 Å². The molecule has 3 fully saturated rings. The van der Waals surface area contributed by atoms with Gasteiger partial charge in [0.1, 0.15) is 12.2 Å². The predicted octanol–water partition coefficient (Wildman–Crippen LogP) is 1.60. The Balaban J connectivity index is 1.75. The molecule has 3 aliphatic rings. The molecule has 1 saturated heterocycles. The number of rotatable bonds is 1. The molecule has 1 spiro atoms. The largest absolute Gasteiger partial charge is 0.390 e. The number of ether oxygens (including phenoxy) is 3. The lowest BCUT2D eigenvalue weighted by atomic mass is 9.90. The van der Waals surface area contributed by atoms with E-state index in [1.54, 1.807) is 7.11 Å². The van der Waals surface area contributed by atoms with E-state index >= 15 is 0 Å². The third-order valence-electron chi connectivity index (χ3n) is 4.42. The Labute approximate surface area is 102 Å². The maximum Gasteiger partial charge on any atom is 0.169 e. The maximum absolute atomic E-state index is 9.94. The summed E-state index contributed by atoms with van der Waals surface area (Å²) in [5, 5.41) is 9.94. The molecule has 3 rings (SSSR count). The highest BCUT2D eigenvalue weighted by Crippen LogP contribution is 2.45. The van der Waals surface area contributed by atoms with Gasteiger partial charge in [-0.2, -0.15) is 0 Å². The Morgan fingerprint density at radius 1 is 1.12 bits per heavy atom. The fourth-order valence-electron chi connectivity index (χ4n) is 3.53. The molecule has 1 N–H and O–H groups in total. The Morgan fingerprint density at radius 3 is 2.59 bits per heavy atom. The van der Waals surface area contributed by atoms with E-state index in [9.17, 15) is 5.11 Å². The van der Waals surface area contributed by atoms with Crippen LogP contribution in [0.3, 0.4) is 0 Å². The van der Waals surface area contributed by atoms with Crippen molar-refractivity contribution in [2.24, 2.45) is 0 Å². The van der Waals surface area contributed by atoms with Gasteiger partial charge in [-0.3, -0.25) is 0 Å². The molecule has 98 valence electrons. The van der Waals surface area contributed by atoms with E-state index in [0.29, 0.717) is 0 Å². The van der Waals surface area contributed by atoms with E-state index < -0.39 is 6.10 Å². The topological polar surface area (TPSA) is 47.9 Å². The molecule has 4 atom stereocenters. The van der Waals surface area contributed by atoms with Crippen LogP contribution in [0, 0.1) is 0 Å². The Bertz CT molecular complexity index is 275. The summed E-state index contributed by atoms with van der Waals surface area (Å²) in [5.41, 5.74) is 0. The van der Waals surface area contributed by atoms with Gasteiger partial charge in [0.15, 0.2) is 5.79 Å². The van der Waals surface area contributed by atoms with Gasteiger partial charge in [0.05, 0.1) is 12.2 Å². The number of methoxy groups -OCH3 is 1. The van der Waals surface area contributed by atoms with E-state index in [-0.39, 0.29) is 24.1 Å². The van der Waals surface area contributed by atoms with Crippen molar-refractivity contribution in [3.63, 3.8) is 0 Å². The molecule has 2 aliphatic carbocycles. The zero-order valence-electron chi connectivity index (χ0n) is 10.4. The highest BCUT2D eigenvalue weighted by atomic mass is 16.8. The van der Waals surface area contributed by atoms with Crippen LogP contribution in [0.1, 0.15) is 44.9 Å². The van der Waals surface area contributed by atoms with Gasteiger partial charge < -0.3 is 19.3 Å². The van der Waals surface area contributed by atoms with Gasteiger partial charge in [0.2, 0.25) is 0 Å². The molecule has 0 amide bonds. The van der Waals surface area contributed by atoms with Crippen molar-refractivity contribution in [1.82, 2.24) is 0 Å². The highest BCUT2D eigenvalue weighted by Gasteiger charge is 2.53. The van der Waals surface area contributed by atoms with Crippen LogP contribution in [0.15, 0.2) is 0 Å².